The Morgan fingerprint density at radius 1 is 1.67 bits per heavy atom. The molecule has 3 N–H and O–H groups in total. The summed E-state index contributed by atoms with van der Waals surface area (Å²) >= 11 is 0. The first-order valence-corrected chi connectivity index (χ1v) is 2.61. The van der Waals surface area contributed by atoms with Crippen molar-refractivity contribution in [2.45, 2.75) is 6.42 Å². The van der Waals surface area contributed by atoms with Crippen LogP contribution in [-0.2, 0) is 23.5 Å². The van der Waals surface area contributed by atoms with Gasteiger partial charge in [0.15, 0.2) is 0 Å². The molecule has 9 heavy (non-hydrogen) atoms. The van der Waals surface area contributed by atoms with Gasteiger partial charge in [-0.2, -0.15) is 0 Å². The average molecular weight is 175 g/mol. The van der Waals surface area contributed by atoms with Crippen molar-refractivity contribution in [1.82, 2.24) is 9.97 Å². The van der Waals surface area contributed by atoms with Crippen LogP contribution in [0.5, 0.6) is 0 Å². The van der Waals surface area contributed by atoms with Gasteiger partial charge in [0.2, 0.25) is 0 Å². The zero-order valence-corrected chi connectivity index (χ0v) is 5.84. The molecular weight excluding hydrogens is 166 g/mol. The van der Waals surface area contributed by atoms with E-state index in [1.807, 2.05) is 0 Å². The molecule has 0 spiro atoms. The average Bonchev–Trinajstić information content (AvgIpc) is 2.19. The van der Waals surface area contributed by atoms with Crippen molar-refractivity contribution in [3.8, 4) is 0 Å². The van der Waals surface area contributed by atoms with Crippen LogP contribution < -0.4 is 5.73 Å². The van der Waals surface area contributed by atoms with Crippen LogP contribution in [0.4, 0.5) is 0 Å². The Kier molecular flexibility index (Phi) is 4.40. The molecule has 0 amide bonds. The minimum atomic E-state index is 0. The first-order chi connectivity index (χ1) is 3.93. The molecule has 4 heteroatoms. The number of aromatic nitrogens is 2. The van der Waals surface area contributed by atoms with Gasteiger partial charge < -0.3 is 10.7 Å². The summed E-state index contributed by atoms with van der Waals surface area (Å²) in [5, 5.41) is 0. The van der Waals surface area contributed by atoms with E-state index in [4.69, 9.17) is 5.73 Å². The van der Waals surface area contributed by atoms with Crippen LogP contribution in [-0.4, -0.2) is 16.5 Å². The molecule has 1 aromatic heterocycles. The van der Waals surface area contributed by atoms with Crippen molar-refractivity contribution in [2.75, 3.05) is 6.54 Å². The second-order valence-corrected chi connectivity index (χ2v) is 1.62. The Morgan fingerprint density at radius 2 is 2.44 bits per heavy atom. The summed E-state index contributed by atoms with van der Waals surface area (Å²) in [6.07, 6.45) is 4.33. The predicted octanol–water partition coefficient (Wildman–Crippen LogP) is -0.0916. The molecule has 1 radical (unpaired) electrons. The third kappa shape index (κ3) is 2.65. The van der Waals surface area contributed by atoms with Gasteiger partial charge in [0.05, 0.1) is 6.33 Å². The molecule has 0 bridgehead atoms. The van der Waals surface area contributed by atoms with Crippen LogP contribution in [0.25, 0.3) is 0 Å². The number of aromatic amines is 1. The quantitative estimate of drug-likeness (QED) is 0.616. The fourth-order valence-electron chi connectivity index (χ4n) is 0.577. The summed E-state index contributed by atoms with van der Waals surface area (Å²) in [6, 6.07) is 0. The van der Waals surface area contributed by atoms with Crippen LogP contribution in [0.3, 0.4) is 0 Å². The predicted molar refractivity (Wildman–Crippen MR) is 31.3 cm³/mol. The van der Waals surface area contributed by atoms with Crippen LogP contribution in [0.2, 0.25) is 0 Å². The van der Waals surface area contributed by atoms with E-state index in [0.717, 1.165) is 12.1 Å². The van der Waals surface area contributed by atoms with Gasteiger partial charge in [0.25, 0.3) is 0 Å². The summed E-state index contributed by atoms with van der Waals surface area (Å²) in [6.45, 7) is 0.683. The van der Waals surface area contributed by atoms with E-state index in [1.165, 1.54) is 0 Å². The van der Waals surface area contributed by atoms with Crippen molar-refractivity contribution < 1.29 is 17.1 Å². The van der Waals surface area contributed by atoms with E-state index in [2.05, 4.69) is 9.97 Å². The normalized spacial score (nSPS) is 8.56. The zero-order chi connectivity index (χ0) is 5.82. The monoisotopic (exact) mass is 174 g/mol. The topological polar surface area (TPSA) is 54.7 Å². The fraction of sp³-hybridized carbons (Fsp3) is 0.400. The van der Waals surface area contributed by atoms with Crippen molar-refractivity contribution >= 4 is 0 Å². The van der Waals surface area contributed by atoms with Gasteiger partial charge in [-0.3, -0.25) is 0 Å². The molecule has 0 saturated carbocycles. The number of nitrogens with two attached hydrogens (primary N) is 1. The molecule has 1 rings (SSSR count). The van der Waals surface area contributed by atoms with E-state index in [-0.39, 0.29) is 17.1 Å². The zero-order valence-electron chi connectivity index (χ0n) is 4.89. The Bertz CT molecular complexity index is 138. The molecule has 55 valence electrons. The number of imidazole rings is 1. The second kappa shape index (κ2) is 4.56. The maximum absolute atomic E-state index is 5.27. The molecule has 0 aromatic carbocycles. The maximum atomic E-state index is 5.27. The van der Waals surface area contributed by atoms with Crippen molar-refractivity contribution in [3.05, 3.63) is 18.2 Å². The SMILES string of the molecule is NCCc1cnc[nH]1.[Cu]. The number of rotatable bonds is 2. The van der Waals surface area contributed by atoms with Gasteiger partial charge in [0, 0.05) is 35.4 Å². The van der Waals surface area contributed by atoms with Crippen LogP contribution >= 0.6 is 0 Å². The summed E-state index contributed by atoms with van der Waals surface area (Å²) in [7, 11) is 0. The standard InChI is InChI=1S/C5H9N3.Cu/c6-2-1-5-3-7-4-8-5;/h3-4H,1-2,6H2,(H,7,8);. The van der Waals surface area contributed by atoms with E-state index < -0.39 is 0 Å². The molecule has 0 fully saturated rings. The summed E-state index contributed by atoms with van der Waals surface area (Å²) in [4.78, 5) is 6.78. The Labute approximate surface area is 64.5 Å². The van der Waals surface area contributed by atoms with Gasteiger partial charge in [0.1, 0.15) is 0 Å². The number of hydrogen-bond acceptors (Lipinski definition) is 2. The molecule has 0 aliphatic heterocycles. The van der Waals surface area contributed by atoms with E-state index in [1.54, 1.807) is 12.5 Å². The first-order valence-electron chi connectivity index (χ1n) is 2.61. The van der Waals surface area contributed by atoms with E-state index in [0.29, 0.717) is 6.54 Å². The van der Waals surface area contributed by atoms with Crippen LogP contribution in [0.1, 0.15) is 5.69 Å². The third-order valence-electron chi connectivity index (χ3n) is 0.969. The van der Waals surface area contributed by atoms with Crippen molar-refractivity contribution in [2.24, 2.45) is 5.73 Å². The Hall–Kier alpha value is -0.311. The fourth-order valence-corrected chi connectivity index (χ4v) is 0.577. The Balaban J connectivity index is 0.000000640. The molecule has 3 nitrogen and oxygen atoms in total. The second-order valence-electron chi connectivity index (χ2n) is 1.62. The maximum Gasteiger partial charge on any atom is 0.0921 e. The van der Waals surface area contributed by atoms with Gasteiger partial charge in [-0.15, -0.1) is 0 Å². The summed E-state index contributed by atoms with van der Waals surface area (Å²) in [5.74, 6) is 0. The number of hydrogen-bond donors (Lipinski definition) is 2. The van der Waals surface area contributed by atoms with Crippen molar-refractivity contribution in [3.63, 3.8) is 0 Å². The van der Waals surface area contributed by atoms with E-state index >= 15 is 0 Å². The molecular formula is C5H9CuN3. The number of nitrogens with zero attached hydrogens (tertiary/aromatic N) is 1. The molecule has 0 unspecified atom stereocenters. The molecule has 0 aliphatic rings. The molecule has 1 heterocycles. The van der Waals surface area contributed by atoms with Crippen molar-refractivity contribution in [1.29, 1.82) is 0 Å². The molecule has 1 aromatic rings. The van der Waals surface area contributed by atoms with Crippen LogP contribution in [0, 0.1) is 0 Å². The summed E-state index contributed by atoms with van der Waals surface area (Å²) < 4.78 is 0. The van der Waals surface area contributed by atoms with E-state index in [9.17, 15) is 0 Å². The number of H-pyrrole nitrogens is 1. The minimum Gasteiger partial charge on any atom is -0.348 e. The smallest absolute Gasteiger partial charge is 0.0921 e. The molecule has 0 saturated heterocycles. The minimum absolute atomic E-state index is 0. The first kappa shape index (κ1) is 8.69. The van der Waals surface area contributed by atoms with Gasteiger partial charge in [-0.05, 0) is 6.54 Å². The third-order valence-corrected chi connectivity index (χ3v) is 0.969. The molecule has 0 atom stereocenters. The summed E-state index contributed by atoms with van der Waals surface area (Å²) in [5.41, 5.74) is 6.38. The van der Waals surface area contributed by atoms with Gasteiger partial charge in [-0.25, -0.2) is 4.98 Å². The van der Waals surface area contributed by atoms with Gasteiger partial charge >= 0.3 is 0 Å². The number of nitrogens with one attached hydrogen (secondary N) is 1. The molecule has 0 aliphatic carbocycles. The Morgan fingerprint density at radius 3 is 2.89 bits per heavy atom. The van der Waals surface area contributed by atoms with Gasteiger partial charge in [-0.1, -0.05) is 0 Å². The largest absolute Gasteiger partial charge is 0.348 e. The van der Waals surface area contributed by atoms with Crippen LogP contribution in [0.15, 0.2) is 12.5 Å².